The van der Waals surface area contributed by atoms with Crippen LogP contribution in [0.1, 0.15) is 28.8 Å². The molecule has 0 saturated carbocycles. The van der Waals surface area contributed by atoms with Crippen LogP contribution in [0.25, 0.3) is 0 Å². The molecule has 0 spiro atoms. The molecule has 4 rings (SSSR count). The molecule has 0 unspecified atom stereocenters. The van der Waals surface area contributed by atoms with Gasteiger partial charge >= 0.3 is 6.18 Å². The molecule has 176 valence electrons. The summed E-state index contributed by atoms with van der Waals surface area (Å²) in [6, 6.07) is 12.4. The minimum absolute atomic E-state index is 0.0275. The first kappa shape index (κ1) is 23.2. The van der Waals surface area contributed by atoms with E-state index in [-0.39, 0.29) is 23.1 Å². The fourth-order valence-corrected chi connectivity index (χ4v) is 3.79. The average molecular weight is 469 g/mol. The maximum atomic E-state index is 12.9. The number of nitrogens with zero attached hydrogens (tertiary/aromatic N) is 3. The zero-order chi connectivity index (χ0) is 24.1. The Labute approximate surface area is 194 Å². The Morgan fingerprint density at radius 1 is 0.941 bits per heavy atom. The summed E-state index contributed by atoms with van der Waals surface area (Å²) in [5.41, 5.74) is -0.193. The van der Waals surface area contributed by atoms with E-state index in [1.165, 1.54) is 24.3 Å². The molecule has 34 heavy (non-hydrogen) atoms. The van der Waals surface area contributed by atoms with Gasteiger partial charge in [-0.25, -0.2) is 9.97 Å². The van der Waals surface area contributed by atoms with Crippen LogP contribution in [0.3, 0.4) is 0 Å². The van der Waals surface area contributed by atoms with Gasteiger partial charge in [0, 0.05) is 42.4 Å². The third kappa shape index (κ3) is 5.69. The van der Waals surface area contributed by atoms with Crippen LogP contribution in [-0.4, -0.2) is 34.9 Å². The van der Waals surface area contributed by atoms with Crippen molar-refractivity contribution in [2.45, 2.75) is 19.0 Å². The summed E-state index contributed by atoms with van der Waals surface area (Å²) in [5.74, 6) is -0.468. The van der Waals surface area contributed by atoms with Gasteiger partial charge in [-0.2, -0.15) is 13.2 Å². The third-order valence-electron chi connectivity index (χ3n) is 5.47. The second-order valence-electron chi connectivity index (χ2n) is 7.94. The number of rotatable bonds is 5. The number of halogens is 3. The zero-order valence-corrected chi connectivity index (χ0v) is 18.0. The van der Waals surface area contributed by atoms with Gasteiger partial charge in [-0.1, -0.05) is 12.1 Å². The second-order valence-corrected chi connectivity index (χ2v) is 7.94. The summed E-state index contributed by atoms with van der Waals surface area (Å²) in [7, 11) is 0. The molecule has 7 nitrogen and oxygen atoms in total. The highest BCUT2D eigenvalue weighted by molar-refractivity contribution is 6.05. The van der Waals surface area contributed by atoms with Crippen LogP contribution in [0.5, 0.6) is 0 Å². The minimum atomic E-state index is -4.51. The molecule has 1 fully saturated rings. The zero-order valence-electron chi connectivity index (χ0n) is 18.0. The van der Waals surface area contributed by atoms with Crippen LogP contribution in [0, 0.1) is 5.92 Å². The number of hydrogen-bond acceptors (Lipinski definition) is 5. The number of hydrogen-bond donors (Lipinski definition) is 2. The predicted octanol–water partition coefficient (Wildman–Crippen LogP) is 4.60. The number of benzene rings is 2. The number of piperidine rings is 1. The van der Waals surface area contributed by atoms with Gasteiger partial charge < -0.3 is 15.5 Å². The summed E-state index contributed by atoms with van der Waals surface area (Å²) < 4.78 is 38.7. The summed E-state index contributed by atoms with van der Waals surface area (Å²) >= 11 is 0. The Balaban J connectivity index is 1.40. The molecule has 1 aliphatic heterocycles. The highest BCUT2D eigenvalue weighted by atomic mass is 19.4. The lowest BCUT2D eigenvalue weighted by Crippen LogP contribution is -2.41. The first-order chi connectivity index (χ1) is 16.3. The standard InChI is InChI=1S/C24H22F3N5O2/c25-24(26,27)18-7-2-9-20(14-18)31-21(33)16-5-1-8-19(13-16)30-22(34)17-6-3-12-32(15-17)23-28-10-4-11-29-23/h1-2,4-5,7-11,13-14,17H,3,6,12,15H2,(H,30,34)(H,31,33)/t17-/m1/s1. The van der Waals surface area contributed by atoms with Gasteiger partial charge in [-0.3, -0.25) is 9.59 Å². The van der Waals surface area contributed by atoms with Crippen LogP contribution in [0.15, 0.2) is 67.0 Å². The number of carbonyl (C=O) groups is 2. The van der Waals surface area contributed by atoms with Crippen molar-refractivity contribution in [3.05, 3.63) is 78.1 Å². The van der Waals surface area contributed by atoms with E-state index in [0.29, 0.717) is 24.6 Å². The van der Waals surface area contributed by atoms with Gasteiger partial charge in [0.15, 0.2) is 0 Å². The molecule has 3 aromatic rings. The fraction of sp³-hybridized carbons (Fsp3) is 0.250. The average Bonchev–Trinajstić information content (AvgIpc) is 2.84. The molecular formula is C24H22F3N5O2. The Morgan fingerprint density at radius 2 is 1.65 bits per heavy atom. The summed E-state index contributed by atoms with van der Waals surface area (Å²) in [6.07, 6.45) is 0.330. The first-order valence-electron chi connectivity index (χ1n) is 10.7. The van der Waals surface area contributed by atoms with E-state index in [0.717, 1.165) is 25.1 Å². The lowest BCUT2D eigenvalue weighted by Gasteiger charge is -2.31. The lowest BCUT2D eigenvalue weighted by atomic mass is 9.97. The molecule has 1 aliphatic rings. The number of alkyl halides is 3. The van der Waals surface area contributed by atoms with Crippen LogP contribution < -0.4 is 15.5 Å². The molecule has 0 bridgehead atoms. The number of anilines is 3. The second kappa shape index (κ2) is 9.90. The van der Waals surface area contributed by atoms with E-state index in [1.807, 2.05) is 4.90 Å². The monoisotopic (exact) mass is 469 g/mol. The maximum absolute atomic E-state index is 12.9. The minimum Gasteiger partial charge on any atom is -0.340 e. The van der Waals surface area contributed by atoms with Crippen LogP contribution in [0.4, 0.5) is 30.5 Å². The maximum Gasteiger partial charge on any atom is 0.416 e. The number of carbonyl (C=O) groups excluding carboxylic acids is 2. The van der Waals surface area contributed by atoms with E-state index in [1.54, 1.807) is 30.6 Å². The van der Waals surface area contributed by atoms with Gasteiger partial charge in [-0.15, -0.1) is 0 Å². The highest BCUT2D eigenvalue weighted by Crippen LogP contribution is 2.31. The van der Waals surface area contributed by atoms with Gasteiger partial charge in [-0.05, 0) is 55.3 Å². The molecule has 2 heterocycles. The van der Waals surface area contributed by atoms with Crippen LogP contribution >= 0.6 is 0 Å². The first-order valence-corrected chi connectivity index (χ1v) is 10.7. The van der Waals surface area contributed by atoms with Crippen molar-refractivity contribution in [3.63, 3.8) is 0 Å². The Kier molecular flexibility index (Phi) is 6.76. The van der Waals surface area contributed by atoms with E-state index < -0.39 is 17.6 Å². The van der Waals surface area contributed by atoms with Crippen molar-refractivity contribution in [1.29, 1.82) is 0 Å². The number of nitrogens with one attached hydrogen (secondary N) is 2. The summed E-state index contributed by atoms with van der Waals surface area (Å²) in [6.45, 7) is 1.24. The van der Waals surface area contributed by atoms with Gasteiger partial charge in [0.05, 0.1) is 11.5 Å². The van der Waals surface area contributed by atoms with E-state index >= 15 is 0 Å². The molecular weight excluding hydrogens is 447 g/mol. The quantitative estimate of drug-likeness (QED) is 0.570. The number of amides is 2. The van der Waals surface area contributed by atoms with Crippen molar-refractivity contribution in [2.24, 2.45) is 5.92 Å². The van der Waals surface area contributed by atoms with Crippen molar-refractivity contribution in [3.8, 4) is 0 Å². The van der Waals surface area contributed by atoms with Crippen LogP contribution in [0.2, 0.25) is 0 Å². The van der Waals surface area contributed by atoms with E-state index in [4.69, 9.17) is 0 Å². The summed E-state index contributed by atoms with van der Waals surface area (Å²) in [4.78, 5) is 35.9. The molecule has 1 aromatic heterocycles. The molecule has 0 aliphatic carbocycles. The predicted molar refractivity (Wildman–Crippen MR) is 121 cm³/mol. The lowest BCUT2D eigenvalue weighted by molar-refractivity contribution is -0.137. The van der Waals surface area contributed by atoms with Crippen LogP contribution in [-0.2, 0) is 11.0 Å². The van der Waals surface area contributed by atoms with Gasteiger partial charge in [0.25, 0.3) is 5.91 Å². The van der Waals surface area contributed by atoms with Gasteiger partial charge in [0.1, 0.15) is 0 Å². The molecule has 10 heteroatoms. The Hall–Kier alpha value is -3.95. The molecule has 2 N–H and O–H groups in total. The van der Waals surface area contributed by atoms with Crippen molar-refractivity contribution in [1.82, 2.24) is 9.97 Å². The molecule has 2 amide bonds. The topological polar surface area (TPSA) is 87.2 Å². The normalized spacial score (nSPS) is 16.1. The Bertz CT molecular complexity index is 1170. The molecule has 1 atom stereocenters. The Morgan fingerprint density at radius 3 is 2.38 bits per heavy atom. The molecule has 1 saturated heterocycles. The van der Waals surface area contributed by atoms with E-state index in [9.17, 15) is 22.8 Å². The van der Waals surface area contributed by atoms with Gasteiger partial charge in [0.2, 0.25) is 11.9 Å². The van der Waals surface area contributed by atoms with Crippen molar-refractivity contribution < 1.29 is 22.8 Å². The fourth-order valence-electron chi connectivity index (χ4n) is 3.79. The summed E-state index contributed by atoms with van der Waals surface area (Å²) in [5, 5.41) is 5.30. The highest BCUT2D eigenvalue weighted by Gasteiger charge is 2.30. The van der Waals surface area contributed by atoms with Crippen molar-refractivity contribution in [2.75, 3.05) is 28.6 Å². The van der Waals surface area contributed by atoms with E-state index in [2.05, 4.69) is 20.6 Å². The molecule has 0 radical (unpaired) electrons. The largest absolute Gasteiger partial charge is 0.416 e. The molecule has 2 aromatic carbocycles. The smallest absolute Gasteiger partial charge is 0.340 e. The van der Waals surface area contributed by atoms with Crippen molar-refractivity contribution >= 4 is 29.1 Å². The number of aromatic nitrogens is 2. The SMILES string of the molecule is O=C(Nc1cccc(C(F)(F)F)c1)c1cccc(NC(=O)[C@@H]2CCCN(c3ncccn3)C2)c1. The third-order valence-corrected chi connectivity index (χ3v) is 5.47.